The quantitative estimate of drug-likeness (QED) is 0.223. The van der Waals surface area contributed by atoms with Gasteiger partial charge in [0.05, 0.1) is 5.39 Å². The lowest BCUT2D eigenvalue weighted by atomic mass is 9.99. The number of thiazole rings is 1. The van der Waals surface area contributed by atoms with Gasteiger partial charge in [-0.1, -0.05) is 6.92 Å². The van der Waals surface area contributed by atoms with Gasteiger partial charge in [-0.15, -0.1) is 11.3 Å². The van der Waals surface area contributed by atoms with Crippen molar-refractivity contribution in [2.24, 2.45) is 0 Å². The number of carboxylic acids is 1. The number of anilines is 2. The lowest BCUT2D eigenvalue weighted by Gasteiger charge is -2.34. The highest BCUT2D eigenvalue weighted by Gasteiger charge is 2.35. The maximum atomic E-state index is 13.8. The monoisotopic (exact) mass is 713 g/mol. The molecule has 0 unspecified atom stereocenters. The highest BCUT2D eigenvalue weighted by molar-refractivity contribution is 7.13. The van der Waals surface area contributed by atoms with E-state index in [1.807, 2.05) is 7.05 Å². The number of alkyl halides is 3. The summed E-state index contributed by atoms with van der Waals surface area (Å²) in [6.45, 7) is 8.87. The van der Waals surface area contributed by atoms with Crippen molar-refractivity contribution in [3.8, 4) is 21.7 Å². The molecule has 6 heterocycles. The van der Waals surface area contributed by atoms with Gasteiger partial charge in [0.2, 0.25) is 5.43 Å². The van der Waals surface area contributed by atoms with Crippen LogP contribution >= 0.6 is 11.3 Å². The Balaban J connectivity index is 1.61. The van der Waals surface area contributed by atoms with Gasteiger partial charge in [0.25, 0.3) is 0 Å². The van der Waals surface area contributed by atoms with E-state index >= 15 is 0 Å². The predicted octanol–water partition coefficient (Wildman–Crippen LogP) is 4.68. The summed E-state index contributed by atoms with van der Waals surface area (Å²) < 4.78 is 42.9. The summed E-state index contributed by atoms with van der Waals surface area (Å²) >= 11 is 0.777. The van der Waals surface area contributed by atoms with Crippen molar-refractivity contribution in [3.05, 3.63) is 51.4 Å². The van der Waals surface area contributed by atoms with E-state index in [0.29, 0.717) is 61.9 Å². The molecule has 1 atom stereocenters. The number of pyridine rings is 3. The van der Waals surface area contributed by atoms with Crippen molar-refractivity contribution in [2.45, 2.75) is 45.5 Å². The van der Waals surface area contributed by atoms with Crippen LogP contribution in [-0.2, 0) is 12.7 Å². The van der Waals surface area contributed by atoms with Gasteiger partial charge in [-0.3, -0.25) is 15.0 Å². The molecular weight excluding hydrogens is 675 g/mol. The van der Waals surface area contributed by atoms with E-state index in [0.717, 1.165) is 42.6 Å². The number of carbonyl (C=O) groups is 2. The smallest absolute Gasteiger partial charge is 0.434 e. The molecule has 0 saturated carbocycles. The zero-order valence-electron chi connectivity index (χ0n) is 27.9. The van der Waals surface area contributed by atoms with Crippen LogP contribution in [-0.4, -0.2) is 105 Å². The third-order valence-corrected chi connectivity index (χ3v) is 10.0. The molecule has 3 N–H and O–H groups in total. The van der Waals surface area contributed by atoms with Crippen LogP contribution in [0.5, 0.6) is 0 Å². The van der Waals surface area contributed by atoms with Gasteiger partial charge in [-0.05, 0) is 52.0 Å². The number of rotatable bonds is 9. The molecule has 0 spiro atoms. The lowest BCUT2D eigenvalue weighted by molar-refractivity contribution is -0.140. The number of hydrogen-bond donors (Lipinski definition) is 3. The minimum Gasteiger partial charge on any atom is -0.477 e. The number of hydrogen-bond acceptors (Lipinski definition) is 10. The summed E-state index contributed by atoms with van der Waals surface area (Å²) in [6, 6.07) is 2.58. The van der Waals surface area contributed by atoms with Crippen molar-refractivity contribution in [3.63, 3.8) is 0 Å². The lowest BCUT2D eigenvalue weighted by Crippen LogP contribution is -2.45. The molecule has 2 amide bonds. The van der Waals surface area contributed by atoms with E-state index in [1.54, 1.807) is 17.6 Å². The van der Waals surface area contributed by atoms with Crippen molar-refractivity contribution >= 4 is 46.0 Å². The third-order valence-electron chi connectivity index (χ3n) is 9.17. The Morgan fingerprint density at radius 1 is 1.06 bits per heavy atom. The number of nitrogens with one attached hydrogen (secondary N) is 2. The molecule has 0 radical (unpaired) electrons. The van der Waals surface area contributed by atoms with E-state index in [2.05, 4.69) is 42.2 Å². The second kappa shape index (κ2) is 14.3. The van der Waals surface area contributed by atoms with Crippen LogP contribution in [0, 0.1) is 0 Å². The number of piperazine rings is 1. The summed E-state index contributed by atoms with van der Waals surface area (Å²) in [6.07, 6.45) is -0.00881. The van der Waals surface area contributed by atoms with Crippen LogP contribution in [0.3, 0.4) is 0 Å². The number of aromatic nitrogens is 4. The summed E-state index contributed by atoms with van der Waals surface area (Å²) in [7, 11) is 2.00. The van der Waals surface area contributed by atoms with Crippen LogP contribution in [0.4, 0.5) is 29.6 Å². The number of likely N-dealkylation sites (N-methyl/N-ethyl adjacent to an activating group) is 2. The van der Waals surface area contributed by atoms with Crippen molar-refractivity contribution in [2.75, 3.05) is 63.1 Å². The molecule has 17 heteroatoms. The molecule has 0 bridgehead atoms. The van der Waals surface area contributed by atoms with Gasteiger partial charge in [-0.2, -0.15) is 13.2 Å². The van der Waals surface area contributed by atoms with E-state index in [4.69, 9.17) is 4.98 Å². The number of aromatic carboxylic acids is 1. The standard InChI is InChI=1S/C33H38F3N9O4S/c1-4-37-32(49)40-26-14-21(30-39-25(18-50-30)33(34,35)36)23(15-38-26)20-13-22-27(46)24(31(47)48)17-45(16-19-7-6-8-43(19)5-2)29(22)41-28(20)44-11-9-42(3)10-12-44/h13-15,17-19H,4-12,16H2,1-3H3,(H,47,48)(H2,37,38,40,49)/t19-/m0/s1. The van der Waals surface area contributed by atoms with Gasteiger partial charge >= 0.3 is 18.2 Å². The zero-order chi connectivity index (χ0) is 35.7. The fourth-order valence-corrected chi connectivity index (χ4v) is 7.42. The van der Waals surface area contributed by atoms with Gasteiger partial charge in [0.1, 0.15) is 27.9 Å². The first-order valence-corrected chi connectivity index (χ1v) is 17.3. The number of carbonyl (C=O) groups excluding carboxylic acids is 1. The van der Waals surface area contributed by atoms with Gasteiger partial charge in [0, 0.05) is 79.8 Å². The molecule has 6 rings (SSSR count). The Kier molecular flexibility index (Phi) is 10.1. The van der Waals surface area contributed by atoms with E-state index in [1.165, 1.54) is 18.5 Å². The van der Waals surface area contributed by atoms with Crippen molar-refractivity contribution < 1.29 is 27.9 Å². The molecular formula is C33H38F3N9O4S. The fraction of sp³-hybridized carbons (Fsp3) is 0.455. The first-order valence-electron chi connectivity index (χ1n) is 16.4. The number of fused-ring (bicyclic) bond motifs is 1. The first-order chi connectivity index (χ1) is 23.9. The molecule has 2 saturated heterocycles. The second-order valence-corrected chi connectivity index (χ2v) is 13.3. The number of urea groups is 1. The molecule has 0 aromatic carbocycles. The normalized spacial score (nSPS) is 17.4. The second-order valence-electron chi connectivity index (χ2n) is 12.4. The van der Waals surface area contributed by atoms with E-state index in [-0.39, 0.29) is 27.8 Å². The Hall–Kier alpha value is -4.61. The van der Waals surface area contributed by atoms with E-state index in [9.17, 15) is 32.7 Å². The molecule has 50 heavy (non-hydrogen) atoms. The largest absolute Gasteiger partial charge is 0.477 e. The molecule has 4 aromatic heterocycles. The van der Waals surface area contributed by atoms with Crippen LogP contribution < -0.4 is 21.0 Å². The predicted molar refractivity (Wildman–Crippen MR) is 185 cm³/mol. The minimum atomic E-state index is -4.69. The summed E-state index contributed by atoms with van der Waals surface area (Å²) in [5, 5.41) is 16.3. The number of halogens is 3. The maximum Gasteiger partial charge on any atom is 0.434 e. The summed E-state index contributed by atoms with van der Waals surface area (Å²) in [4.78, 5) is 58.5. The Morgan fingerprint density at radius 3 is 2.48 bits per heavy atom. The highest BCUT2D eigenvalue weighted by atomic mass is 32.1. The average Bonchev–Trinajstić information content (AvgIpc) is 3.76. The Bertz CT molecular complexity index is 1970. The third kappa shape index (κ3) is 7.15. The van der Waals surface area contributed by atoms with Gasteiger partial charge in [-0.25, -0.2) is 24.5 Å². The molecule has 0 aliphatic carbocycles. The minimum absolute atomic E-state index is 0.00990. The summed E-state index contributed by atoms with van der Waals surface area (Å²) in [5.74, 6) is -0.832. The first kappa shape index (κ1) is 35.2. The Labute approximate surface area is 289 Å². The molecule has 2 fully saturated rings. The zero-order valence-corrected chi connectivity index (χ0v) is 28.7. The van der Waals surface area contributed by atoms with Crippen LogP contribution in [0.2, 0.25) is 0 Å². The maximum absolute atomic E-state index is 13.8. The number of amides is 2. The van der Waals surface area contributed by atoms with Crippen LogP contribution in [0.15, 0.2) is 34.7 Å². The molecule has 2 aliphatic rings. The number of likely N-dealkylation sites (tertiary alicyclic amines) is 1. The van der Waals surface area contributed by atoms with E-state index < -0.39 is 34.9 Å². The summed E-state index contributed by atoms with van der Waals surface area (Å²) in [5.41, 5.74) is -0.970. The van der Waals surface area contributed by atoms with Crippen molar-refractivity contribution in [1.29, 1.82) is 0 Å². The van der Waals surface area contributed by atoms with Crippen molar-refractivity contribution in [1.82, 2.24) is 34.6 Å². The Morgan fingerprint density at radius 2 is 1.82 bits per heavy atom. The van der Waals surface area contributed by atoms with Crippen LogP contribution in [0.1, 0.15) is 42.7 Å². The molecule has 266 valence electrons. The van der Waals surface area contributed by atoms with Crippen LogP contribution in [0.25, 0.3) is 32.7 Å². The SMILES string of the molecule is CCNC(=O)Nc1cc(-c2nc(C(F)(F)F)cs2)c(-c2cc3c(=O)c(C(=O)O)cn(C[C@@H]4CCCN4CC)c3nc2N2CCN(C)CC2)cn1. The topological polar surface area (TPSA) is 149 Å². The van der Waals surface area contributed by atoms with Gasteiger partial charge in [0.15, 0.2) is 5.69 Å². The van der Waals surface area contributed by atoms with Gasteiger partial charge < -0.3 is 24.8 Å². The highest BCUT2D eigenvalue weighted by Crippen LogP contribution is 2.42. The average molecular weight is 714 g/mol. The molecule has 2 aliphatic heterocycles. The number of nitrogens with zero attached hydrogens (tertiary/aromatic N) is 7. The number of carboxylic acid groups (broad SMARTS) is 1. The molecule has 4 aromatic rings. The fourth-order valence-electron chi connectivity index (χ4n) is 6.56. The molecule has 13 nitrogen and oxygen atoms in total.